The van der Waals surface area contributed by atoms with Crippen molar-refractivity contribution in [3.8, 4) is 5.75 Å². The van der Waals surface area contributed by atoms with Crippen molar-refractivity contribution in [2.24, 2.45) is 0 Å². The molecule has 2 aromatic rings. The summed E-state index contributed by atoms with van der Waals surface area (Å²) >= 11 is 1.22. The number of urea groups is 1. The van der Waals surface area contributed by atoms with E-state index in [1.54, 1.807) is 48.6 Å². The van der Waals surface area contributed by atoms with Crippen molar-refractivity contribution < 1.29 is 23.9 Å². The lowest BCUT2D eigenvalue weighted by Crippen LogP contribution is -2.39. The first-order valence-corrected chi connectivity index (χ1v) is 9.98. The molecule has 1 aromatic heterocycles. The zero-order valence-corrected chi connectivity index (χ0v) is 17.0. The zero-order valence-electron chi connectivity index (χ0n) is 16.1. The molecule has 0 unspecified atom stereocenters. The lowest BCUT2D eigenvalue weighted by molar-refractivity contribution is -0.142. The topological polar surface area (TPSA) is 110 Å². The van der Waals surface area contributed by atoms with E-state index in [1.807, 2.05) is 0 Å². The second-order valence-corrected chi connectivity index (χ2v) is 7.19. The molecule has 0 spiro atoms. The van der Waals surface area contributed by atoms with Gasteiger partial charge >= 0.3 is 12.0 Å². The SMILES string of the molecule is CCOC(=O)Cc1csc(NC(=O)N[C@H]2CC(=O)N(c3ccc(OC)cc3)C2)n1. The van der Waals surface area contributed by atoms with Gasteiger partial charge in [0.05, 0.1) is 31.9 Å². The average molecular weight is 418 g/mol. The number of thiazole rings is 1. The molecule has 1 aliphatic heterocycles. The first kappa shape index (κ1) is 20.6. The Bertz CT molecular complexity index is 883. The highest BCUT2D eigenvalue weighted by Gasteiger charge is 2.31. The second kappa shape index (κ2) is 9.37. The van der Waals surface area contributed by atoms with E-state index in [2.05, 4.69) is 15.6 Å². The van der Waals surface area contributed by atoms with Gasteiger partial charge in [0.1, 0.15) is 5.75 Å². The quantitative estimate of drug-likeness (QED) is 0.667. The van der Waals surface area contributed by atoms with Gasteiger partial charge in [-0.25, -0.2) is 9.78 Å². The van der Waals surface area contributed by atoms with E-state index in [0.717, 1.165) is 5.69 Å². The van der Waals surface area contributed by atoms with Gasteiger partial charge in [-0.15, -0.1) is 11.3 Å². The third kappa shape index (κ3) is 5.44. The Hall–Kier alpha value is -3.14. The van der Waals surface area contributed by atoms with Crippen LogP contribution in [0.1, 0.15) is 19.0 Å². The molecule has 10 heteroatoms. The summed E-state index contributed by atoms with van der Waals surface area (Å²) in [5.74, 6) is 0.281. The van der Waals surface area contributed by atoms with Crippen molar-refractivity contribution in [3.63, 3.8) is 0 Å². The van der Waals surface area contributed by atoms with Crippen LogP contribution in [-0.4, -0.2) is 49.2 Å². The van der Waals surface area contributed by atoms with Gasteiger partial charge in [-0.1, -0.05) is 0 Å². The zero-order chi connectivity index (χ0) is 20.8. The lowest BCUT2D eigenvalue weighted by Gasteiger charge is -2.17. The van der Waals surface area contributed by atoms with Gasteiger partial charge in [0.15, 0.2) is 5.13 Å². The molecule has 0 radical (unpaired) electrons. The molecule has 1 fully saturated rings. The van der Waals surface area contributed by atoms with Crippen LogP contribution in [0.15, 0.2) is 29.6 Å². The van der Waals surface area contributed by atoms with Crippen molar-refractivity contribution in [1.82, 2.24) is 10.3 Å². The number of methoxy groups -OCH3 is 1. The summed E-state index contributed by atoms with van der Waals surface area (Å²) in [6, 6.07) is 6.42. The minimum absolute atomic E-state index is 0.0571. The molecule has 1 aliphatic rings. The molecule has 0 bridgehead atoms. The maximum atomic E-state index is 12.3. The highest BCUT2D eigenvalue weighted by Crippen LogP contribution is 2.24. The average Bonchev–Trinajstić information content (AvgIpc) is 3.27. The number of benzene rings is 1. The fourth-order valence-electron chi connectivity index (χ4n) is 2.94. The van der Waals surface area contributed by atoms with Crippen molar-refractivity contribution in [2.45, 2.75) is 25.8 Å². The summed E-state index contributed by atoms with van der Waals surface area (Å²) < 4.78 is 10.0. The maximum absolute atomic E-state index is 12.3. The number of hydrogen-bond donors (Lipinski definition) is 2. The third-order valence-corrected chi connectivity index (χ3v) is 5.05. The summed E-state index contributed by atoms with van der Waals surface area (Å²) in [5, 5.41) is 7.49. The summed E-state index contributed by atoms with van der Waals surface area (Å²) in [4.78, 5) is 41.9. The van der Waals surface area contributed by atoms with E-state index in [-0.39, 0.29) is 30.8 Å². The molecule has 1 atom stereocenters. The van der Waals surface area contributed by atoms with Crippen LogP contribution in [0.3, 0.4) is 0 Å². The van der Waals surface area contributed by atoms with Crippen molar-refractivity contribution in [2.75, 3.05) is 30.5 Å². The van der Waals surface area contributed by atoms with Gasteiger partial charge in [0.25, 0.3) is 0 Å². The number of ether oxygens (including phenoxy) is 2. The number of aromatic nitrogens is 1. The van der Waals surface area contributed by atoms with Crippen LogP contribution < -0.4 is 20.3 Å². The van der Waals surface area contributed by atoms with E-state index >= 15 is 0 Å². The fraction of sp³-hybridized carbons (Fsp3) is 0.368. The number of amides is 3. The Morgan fingerprint density at radius 1 is 1.31 bits per heavy atom. The van der Waals surface area contributed by atoms with E-state index in [9.17, 15) is 14.4 Å². The summed E-state index contributed by atoms with van der Waals surface area (Å²) in [7, 11) is 1.58. The predicted octanol–water partition coefficient (Wildman–Crippen LogP) is 2.18. The minimum atomic E-state index is -0.448. The first-order chi connectivity index (χ1) is 14.0. The normalized spacial score (nSPS) is 15.9. The van der Waals surface area contributed by atoms with Gasteiger partial charge < -0.3 is 19.7 Å². The Morgan fingerprint density at radius 3 is 2.76 bits per heavy atom. The Labute approximate surface area is 172 Å². The van der Waals surface area contributed by atoms with Gasteiger partial charge in [0.2, 0.25) is 5.91 Å². The van der Waals surface area contributed by atoms with Gasteiger partial charge in [-0.2, -0.15) is 0 Å². The number of nitrogens with zero attached hydrogens (tertiary/aromatic N) is 2. The smallest absolute Gasteiger partial charge is 0.321 e. The van der Waals surface area contributed by atoms with Crippen molar-refractivity contribution in [1.29, 1.82) is 0 Å². The maximum Gasteiger partial charge on any atom is 0.321 e. The Balaban J connectivity index is 1.51. The highest BCUT2D eigenvalue weighted by atomic mass is 32.1. The van der Waals surface area contributed by atoms with Crippen LogP contribution in [0.4, 0.5) is 15.6 Å². The number of anilines is 2. The number of rotatable bonds is 7. The third-order valence-electron chi connectivity index (χ3n) is 4.25. The largest absolute Gasteiger partial charge is 0.497 e. The molecule has 29 heavy (non-hydrogen) atoms. The highest BCUT2D eigenvalue weighted by molar-refractivity contribution is 7.13. The van der Waals surface area contributed by atoms with Crippen molar-refractivity contribution >= 4 is 40.1 Å². The van der Waals surface area contributed by atoms with Crippen LogP contribution >= 0.6 is 11.3 Å². The molecule has 154 valence electrons. The molecule has 1 saturated heterocycles. The van der Waals surface area contributed by atoms with Crippen LogP contribution in [0.5, 0.6) is 5.75 Å². The lowest BCUT2D eigenvalue weighted by atomic mass is 10.2. The number of carbonyl (C=O) groups excluding carboxylic acids is 3. The first-order valence-electron chi connectivity index (χ1n) is 9.10. The second-order valence-electron chi connectivity index (χ2n) is 6.33. The van der Waals surface area contributed by atoms with E-state index in [1.165, 1.54) is 11.3 Å². The van der Waals surface area contributed by atoms with Gasteiger partial charge in [-0.3, -0.25) is 14.9 Å². The van der Waals surface area contributed by atoms with E-state index < -0.39 is 6.03 Å². The van der Waals surface area contributed by atoms with Crippen LogP contribution in [0.2, 0.25) is 0 Å². The van der Waals surface area contributed by atoms with Crippen LogP contribution in [-0.2, 0) is 20.7 Å². The molecular weight excluding hydrogens is 396 g/mol. The monoisotopic (exact) mass is 418 g/mol. The summed E-state index contributed by atoms with van der Waals surface area (Å²) in [6.45, 7) is 2.43. The molecule has 0 saturated carbocycles. The Kier molecular flexibility index (Phi) is 6.65. The molecular formula is C19H22N4O5S. The molecule has 9 nitrogen and oxygen atoms in total. The van der Waals surface area contributed by atoms with E-state index in [0.29, 0.717) is 29.7 Å². The van der Waals surface area contributed by atoms with Crippen molar-refractivity contribution in [3.05, 3.63) is 35.3 Å². The summed E-state index contributed by atoms with van der Waals surface area (Å²) in [5.41, 5.74) is 1.29. The number of nitrogens with one attached hydrogen (secondary N) is 2. The standard InChI is InChI=1S/C19H22N4O5S/c1-3-28-17(25)9-13-11-29-19(21-13)22-18(26)20-12-8-16(24)23(10-12)14-4-6-15(27-2)7-5-14/h4-7,11-12H,3,8-10H2,1-2H3,(H2,20,21,22,26)/t12-/m0/s1. The summed E-state index contributed by atoms with van der Waals surface area (Å²) in [6.07, 6.45) is 0.271. The van der Waals surface area contributed by atoms with Gasteiger partial charge in [0, 0.05) is 24.0 Å². The fourth-order valence-corrected chi connectivity index (χ4v) is 3.65. The number of hydrogen-bond acceptors (Lipinski definition) is 7. The number of carbonyl (C=O) groups is 3. The molecule has 3 rings (SSSR count). The Morgan fingerprint density at radius 2 is 2.07 bits per heavy atom. The predicted molar refractivity (Wildman–Crippen MR) is 108 cm³/mol. The van der Waals surface area contributed by atoms with Crippen LogP contribution in [0.25, 0.3) is 0 Å². The van der Waals surface area contributed by atoms with E-state index in [4.69, 9.17) is 9.47 Å². The van der Waals surface area contributed by atoms with Crippen LogP contribution in [0, 0.1) is 0 Å². The molecule has 1 aromatic carbocycles. The van der Waals surface area contributed by atoms with Gasteiger partial charge in [-0.05, 0) is 31.2 Å². The number of esters is 1. The molecule has 3 amide bonds. The molecule has 0 aliphatic carbocycles. The molecule has 2 heterocycles. The molecule has 2 N–H and O–H groups in total. The minimum Gasteiger partial charge on any atom is -0.497 e.